The zero-order valence-corrected chi connectivity index (χ0v) is 19.2. The number of nitrogens with zero attached hydrogens (tertiary/aromatic N) is 2. The molecule has 2 N–H and O–H groups in total. The summed E-state index contributed by atoms with van der Waals surface area (Å²) in [4.78, 5) is 29.4. The Bertz CT molecular complexity index is 1020. The minimum Gasteiger partial charge on any atom is -0.508 e. The number of phenolic OH excluding ortho intramolecular Hbond substituents is 1. The Balaban J connectivity index is 1.19. The van der Waals surface area contributed by atoms with E-state index in [-0.39, 0.29) is 42.0 Å². The molecule has 0 aromatic heterocycles. The Labute approximate surface area is 198 Å². The number of carbonyl (C=O) groups excluding carboxylic acids is 2. The van der Waals surface area contributed by atoms with Crippen molar-refractivity contribution in [3.8, 4) is 5.75 Å². The van der Waals surface area contributed by atoms with Crippen molar-refractivity contribution in [1.29, 1.82) is 0 Å². The Morgan fingerprint density at radius 3 is 2.35 bits per heavy atom. The summed E-state index contributed by atoms with van der Waals surface area (Å²) in [5, 5.41) is 12.7. The fourth-order valence-corrected chi connectivity index (χ4v) is 4.95. The van der Waals surface area contributed by atoms with Gasteiger partial charge in [-0.3, -0.25) is 9.59 Å². The van der Waals surface area contributed by atoms with Crippen LogP contribution in [0, 0.1) is 17.6 Å². The van der Waals surface area contributed by atoms with Crippen molar-refractivity contribution in [3.63, 3.8) is 0 Å². The summed E-state index contributed by atoms with van der Waals surface area (Å²) in [5.41, 5.74) is 0.796. The van der Waals surface area contributed by atoms with Crippen LogP contribution >= 0.6 is 0 Å². The zero-order valence-electron chi connectivity index (χ0n) is 19.2. The van der Waals surface area contributed by atoms with Gasteiger partial charge in [-0.15, -0.1) is 0 Å². The third-order valence-corrected chi connectivity index (χ3v) is 7.03. The topological polar surface area (TPSA) is 72.9 Å². The quantitative estimate of drug-likeness (QED) is 0.679. The number of para-hydroxylation sites is 1. The molecular formula is C26H31F2N3O3. The van der Waals surface area contributed by atoms with E-state index in [0.29, 0.717) is 24.7 Å². The first-order valence-corrected chi connectivity index (χ1v) is 11.9. The van der Waals surface area contributed by atoms with Crippen LogP contribution in [-0.2, 0) is 22.6 Å². The number of rotatable bonds is 6. The Morgan fingerprint density at radius 1 is 0.941 bits per heavy atom. The van der Waals surface area contributed by atoms with Crippen molar-refractivity contribution in [2.45, 2.75) is 44.7 Å². The van der Waals surface area contributed by atoms with Gasteiger partial charge in [0.25, 0.3) is 0 Å². The first-order valence-electron chi connectivity index (χ1n) is 11.9. The summed E-state index contributed by atoms with van der Waals surface area (Å²) < 4.78 is 27.1. The summed E-state index contributed by atoms with van der Waals surface area (Å²) in [6.07, 6.45) is 3.44. The van der Waals surface area contributed by atoms with E-state index >= 15 is 0 Å². The summed E-state index contributed by atoms with van der Waals surface area (Å²) in [5.74, 6) is -1.11. The number of piperidine rings is 2. The van der Waals surface area contributed by atoms with E-state index in [1.165, 1.54) is 0 Å². The van der Waals surface area contributed by atoms with Gasteiger partial charge in [0, 0.05) is 42.7 Å². The van der Waals surface area contributed by atoms with Crippen molar-refractivity contribution in [3.05, 3.63) is 65.2 Å². The number of likely N-dealkylation sites (tertiary alicyclic amines) is 2. The molecule has 2 aromatic rings. The third kappa shape index (κ3) is 5.91. The molecule has 2 aliphatic rings. The number of benzene rings is 2. The van der Waals surface area contributed by atoms with Crippen LogP contribution in [0.3, 0.4) is 0 Å². The monoisotopic (exact) mass is 471 g/mol. The molecule has 34 heavy (non-hydrogen) atoms. The molecule has 2 saturated heterocycles. The lowest BCUT2D eigenvalue weighted by atomic mass is 9.92. The minimum absolute atomic E-state index is 0.0180. The average Bonchev–Trinajstić information content (AvgIpc) is 2.86. The van der Waals surface area contributed by atoms with Crippen LogP contribution in [-0.4, -0.2) is 58.9 Å². The molecule has 0 atom stereocenters. The van der Waals surface area contributed by atoms with Crippen molar-refractivity contribution in [2.24, 2.45) is 5.92 Å². The molecule has 0 aliphatic carbocycles. The Hall–Kier alpha value is -3.00. The molecule has 0 unspecified atom stereocenters. The molecule has 0 saturated carbocycles. The maximum Gasteiger partial charge on any atom is 0.227 e. The van der Waals surface area contributed by atoms with Crippen molar-refractivity contribution in [2.75, 3.05) is 26.2 Å². The summed E-state index contributed by atoms with van der Waals surface area (Å²) in [7, 11) is 0. The number of hydrogen-bond donors (Lipinski definition) is 2. The van der Waals surface area contributed by atoms with Crippen LogP contribution in [0.4, 0.5) is 8.78 Å². The lowest BCUT2D eigenvalue weighted by molar-refractivity contribution is -0.132. The molecular weight excluding hydrogens is 440 g/mol. The largest absolute Gasteiger partial charge is 0.508 e. The fraction of sp³-hybridized carbons (Fsp3) is 0.462. The minimum atomic E-state index is -0.526. The van der Waals surface area contributed by atoms with Gasteiger partial charge in [0.2, 0.25) is 11.8 Å². The molecule has 8 heteroatoms. The maximum absolute atomic E-state index is 13.8. The lowest BCUT2D eigenvalue weighted by Gasteiger charge is -2.41. The van der Waals surface area contributed by atoms with Gasteiger partial charge in [-0.05, 0) is 63.0 Å². The molecule has 4 rings (SSSR count). The molecule has 6 nitrogen and oxygen atoms in total. The van der Waals surface area contributed by atoms with Crippen molar-refractivity contribution < 1.29 is 23.5 Å². The number of carbonyl (C=O) groups is 2. The first-order chi connectivity index (χ1) is 16.4. The summed E-state index contributed by atoms with van der Waals surface area (Å²) in [6.45, 7) is 2.98. The smallest absolute Gasteiger partial charge is 0.227 e. The highest BCUT2D eigenvalue weighted by Crippen LogP contribution is 2.25. The predicted octanol–water partition coefficient (Wildman–Crippen LogP) is 3.23. The van der Waals surface area contributed by atoms with Crippen LogP contribution in [0.15, 0.2) is 42.5 Å². The van der Waals surface area contributed by atoms with E-state index in [2.05, 4.69) is 10.2 Å². The predicted molar refractivity (Wildman–Crippen MR) is 124 cm³/mol. The fourth-order valence-electron chi connectivity index (χ4n) is 4.95. The van der Waals surface area contributed by atoms with E-state index in [1.54, 1.807) is 18.2 Å². The summed E-state index contributed by atoms with van der Waals surface area (Å²) in [6, 6.07) is 10.6. The molecule has 0 spiro atoms. The number of hydrogen-bond acceptors (Lipinski definition) is 4. The lowest BCUT2D eigenvalue weighted by Crippen LogP contribution is -2.50. The SMILES string of the molecule is O=C(NCc1cc(F)ccc1F)C1CCN(C2CCN(C(=O)Cc3ccccc3O)CC2)CC1. The Kier molecular flexibility index (Phi) is 7.77. The molecule has 0 radical (unpaired) electrons. The second-order valence-electron chi connectivity index (χ2n) is 9.18. The number of aromatic hydroxyl groups is 1. The van der Waals surface area contributed by atoms with Crippen LogP contribution in [0.5, 0.6) is 5.75 Å². The van der Waals surface area contributed by atoms with Gasteiger partial charge in [-0.2, -0.15) is 0 Å². The highest BCUT2D eigenvalue weighted by molar-refractivity contribution is 5.79. The molecule has 2 heterocycles. The van der Waals surface area contributed by atoms with Gasteiger partial charge in [0.15, 0.2) is 0 Å². The van der Waals surface area contributed by atoms with E-state index in [0.717, 1.165) is 57.0 Å². The second-order valence-corrected chi connectivity index (χ2v) is 9.18. The van der Waals surface area contributed by atoms with E-state index < -0.39 is 11.6 Å². The van der Waals surface area contributed by atoms with Crippen LogP contribution < -0.4 is 5.32 Å². The maximum atomic E-state index is 13.8. The van der Waals surface area contributed by atoms with E-state index in [1.807, 2.05) is 11.0 Å². The van der Waals surface area contributed by atoms with Crippen LogP contribution in [0.1, 0.15) is 36.8 Å². The number of nitrogens with one attached hydrogen (secondary N) is 1. The summed E-state index contributed by atoms with van der Waals surface area (Å²) >= 11 is 0. The van der Waals surface area contributed by atoms with Crippen LogP contribution in [0.25, 0.3) is 0 Å². The van der Waals surface area contributed by atoms with E-state index in [9.17, 15) is 23.5 Å². The number of halogens is 2. The standard InChI is InChI=1S/C26H31F2N3O3/c27-21-5-6-23(28)20(15-21)17-29-26(34)18-7-11-30(12-8-18)22-9-13-31(14-10-22)25(33)16-19-3-1-2-4-24(19)32/h1-6,15,18,22,32H,7-14,16-17H2,(H,29,34). The molecule has 2 amide bonds. The van der Waals surface area contributed by atoms with Crippen LogP contribution in [0.2, 0.25) is 0 Å². The number of amides is 2. The highest BCUT2D eigenvalue weighted by Gasteiger charge is 2.31. The van der Waals surface area contributed by atoms with Gasteiger partial charge < -0.3 is 20.2 Å². The molecule has 2 aromatic carbocycles. The highest BCUT2D eigenvalue weighted by atomic mass is 19.1. The molecule has 2 fully saturated rings. The molecule has 2 aliphatic heterocycles. The van der Waals surface area contributed by atoms with Gasteiger partial charge in [-0.1, -0.05) is 18.2 Å². The molecule has 182 valence electrons. The van der Waals surface area contributed by atoms with Gasteiger partial charge in [0.1, 0.15) is 17.4 Å². The number of phenols is 1. The Morgan fingerprint density at radius 2 is 1.65 bits per heavy atom. The van der Waals surface area contributed by atoms with Crippen molar-refractivity contribution >= 4 is 11.8 Å². The van der Waals surface area contributed by atoms with Crippen molar-refractivity contribution in [1.82, 2.24) is 15.1 Å². The third-order valence-electron chi connectivity index (χ3n) is 7.03. The van der Waals surface area contributed by atoms with Gasteiger partial charge in [-0.25, -0.2) is 8.78 Å². The normalized spacial score (nSPS) is 18.1. The molecule has 0 bridgehead atoms. The van der Waals surface area contributed by atoms with Gasteiger partial charge >= 0.3 is 0 Å². The first kappa shape index (κ1) is 24.1. The second kappa shape index (κ2) is 11.0. The average molecular weight is 472 g/mol. The van der Waals surface area contributed by atoms with E-state index in [4.69, 9.17) is 0 Å². The zero-order chi connectivity index (χ0) is 24.1. The van der Waals surface area contributed by atoms with Gasteiger partial charge in [0.05, 0.1) is 6.42 Å².